The maximum atomic E-state index is 9.96. The van der Waals surface area contributed by atoms with Crippen LogP contribution in [-0.2, 0) is 4.79 Å². The molecule has 0 fully saturated rings. The molecule has 0 aliphatic heterocycles. The van der Waals surface area contributed by atoms with Crippen LogP contribution in [0.1, 0.15) is 0 Å². The van der Waals surface area contributed by atoms with Crippen molar-refractivity contribution in [2.24, 2.45) is 0 Å². The summed E-state index contributed by atoms with van der Waals surface area (Å²) in [5.74, 6) is -1.65. The van der Waals surface area contributed by atoms with Gasteiger partial charge < -0.3 is 25.5 Å². The predicted octanol–water partition coefficient (Wildman–Crippen LogP) is -2.85. The fourth-order valence-corrected chi connectivity index (χ4v) is 0.465. The quantitative estimate of drug-likeness (QED) is 0.306. The highest BCUT2D eigenvalue weighted by molar-refractivity contribution is 5.72. The lowest BCUT2D eigenvalue weighted by Gasteiger charge is -2.17. The molecule has 6 nitrogen and oxygen atoms in total. The van der Waals surface area contributed by atoms with Crippen molar-refractivity contribution >= 4 is 5.97 Å². The zero-order valence-corrected chi connectivity index (χ0v) is 5.58. The number of carbonyl (C=O) groups is 1. The minimum absolute atomic E-state index is 0.800. The van der Waals surface area contributed by atoms with E-state index in [1.165, 1.54) is 0 Å². The van der Waals surface area contributed by atoms with E-state index in [0.717, 1.165) is 0 Å². The van der Waals surface area contributed by atoms with Crippen LogP contribution in [0.15, 0.2) is 0 Å². The molecule has 0 rings (SSSR count). The first-order valence-corrected chi connectivity index (χ1v) is 2.88. The Kier molecular flexibility index (Phi) is 3.98. The van der Waals surface area contributed by atoms with Crippen LogP contribution >= 0.6 is 0 Å². The summed E-state index contributed by atoms with van der Waals surface area (Å²) in [7, 11) is 0. The van der Waals surface area contributed by atoms with Crippen molar-refractivity contribution in [3.05, 3.63) is 0 Å². The third-order valence-corrected chi connectivity index (χ3v) is 1.16. The fourth-order valence-electron chi connectivity index (χ4n) is 0.465. The van der Waals surface area contributed by atoms with Crippen molar-refractivity contribution in [2.75, 3.05) is 6.61 Å². The van der Waals surface area contributed by atoms with Gasteiger partial charge in [0.2, 0.25) is 0 Å². The van der Waals surface area contributed by atoms with Crippen LogP contribution in [0.3, 0.4) is 0 Å². The highest BCUT2D eigenvalue weighted by Gasteiger charge is 2.29. The maximum absolute atomic E-state index is 9.96. The maximum Gasteiger partial charge on any atom is 0.335 e. The van der Waals surface area contributed by atoms with Gasteiger partial charge in [-0.25, -0.2) is 4.79 Å². The van der Waals surface area contributed by atoms with E-state index < -0.39 is 30.9 Å². The number of aliphatic carboxylic acids is 1. The van der Waals surface area contributed by atoms with Gasteiger partial charge in [0, 0.05) is 0 Å². The van der Waals surface area contributed by atoms with E-state index in [1.807, 2.05) is 0 Å². The summed E-state index contributed by atoms with van der Waals surface area (Å²) in [4.78, 5) is 9.96. The Morgan fingerprint density at radius 1 is 1.27 bits per heavy atom. The van der Waals surface area contributed by atoms with Crippen molar-refractivity contribution in [1.82, 2.24) is 0 Å². The van der Waals surface area contributed by atoms with Crippen LogP contribution < -0.4 is 0 Å². The Morgan fingerprint density at radius 3 is 2.00 bits per heavy atom. The molecule has 5 N–H and O–H groups in total. The van der Waals surface area contributed by atoms with E-state index in [2.05, 4.69) is 0 Å². The summed E-state index contributed by atoms with van der Waals surface area (Å²) in [6.07, 6.45) is -5.57. The topological polar surface area (TPSA) is 118 Å². The van der Waals surface area contributed by atoms with Gasteiger partial charge in [0.15, 0.2) is 6.10 Å². The van der Waals surface area contributed by atoms with Crippen molar-refractivity contribution in [1.29, 1.82) is 0 Å². The molecular weight excluding hydrogens is 156 g/mol. The number of aliphatic hydroxyl groups is 4. The lowest BCUT2D eigenvalue weighted by Crippen LogP contribution is -2.43. The van der Waals surface area contributed by atoms with E-state index in [-0.39, 0.29) is 0 Å². The van der Waals surface area contributed by atoms with Gasteiger partial charge in [-0.3, -0.25) is 0 Å². The molecule has 1 unspecified atom stereocenters. The molecule has 0 radical (unpaired) electrons. The second-order valence-electron chi connectivity index (χ2n) is 2.02. The lowest BCUT2D eigenvalue weighted by atomic mass is 10.1. The van der Waals surface area contributed by atoms with Gasteiger partial charge in [-0.2, -0.15) is 0 Å². The zero-order valence-electron chi connectivity index (χ0n) is 5.58. The molecule has 0 aromatic heterocycles. The summed E-state index contributed by atoms with van der Waals surface area (Å²) in [6, 6.07) is 0. The number of carboxylic acids is 1. The number of aliphatic hydroxyl groups excluding tert-OH is 4. The molecule has 0 saturated carbocycles. The van der Waals surface area contributed by atoms with E-state index in [1.54, 1.807) is 0 Å². The van der Waals surface area contributed by atoms with Gasteiger partial charge in [0.1, 0.15) is 12.2 Å². The number of hydrogen-bond donors (Lipinski definition) is 5. The minimum Gasteiger partial charge on any atom is -0.479 e. The van der Waals surface area contributed by atoms with Crippen LogP contribution in [-0.4, -0.2) is 56.4 Å². The molecule has 6 heteroatoms. The predicted molar refractivity (Wildman–Crippen MR) is 32.7 cm³/mol. The van der Waals surface area contributed by atoms with Crippen LogP contribution in [0.5, 0.6) is 0 Å². The second kappa shape index (κ2) is 4.24. The molecule has 0 bridgehead atoms. The van der Waals surface area contributed by atoms with Gasteiger partial charge in [-0.1, -0.05) is 0 Å². The minimum atomic E-state index is -2.07. The van der Waals surface area contributed by atoms with E-state index in [4.69, 9.17) is 25.5 Å². The van der Waals surface area contributed by atoms with Crippen molar-refractivity contribution < 1.29 is 30.3 Å². The third kappa shape index (κ3) is 2.81. The molecule has 0 saturated heterocycles. The Bertz CT molecular complexity index is 135. The van der Waals surface area contributed by atoms with E-state index >= 15 is 0 Å². The van der Waals surface area contributed by atoms with E-state index in [0.29, 0.717) is 0 Å². The monoisotopic (exact) mass is 166 g/mol. The fraction of sp³-hybridized carbons (Fsp3) is 0.800. The molecule has 0 spiro atoms. The van der Waals surface area contributed by atoms with E-state index in [9.17, 15) is 4.79 Å². The SMILES string of the molecule is O=C(O)[C@H](O)[C@@H](O)C(O)CO. The Hall–Kier alpha value is -0.690. The van der Waals surface area contributed by atoms with Crippen molar-refractivity contribution in [3.63, 3.8) is 0 Å². The second-order valence-corrected chi connectivity index (χ2v) is 2.02. The first kappa shape index (κ1) is 10.3. The van der Waals surface area contributed by atoms with Gasteiger partial charge in [0.05, 0.1) is 6.61 Å². The number of carboxylic acid groups (broad SMARTS) is 1. The average Bonchev–Trinajstić information content (AvgIpc) is 2.00. The summed E-state index contributed by atoms with van der Waals surface area (Å²) in [5, 5.41) is 42.2. The first-order chi connectivity index (χ1) is 5.00. The average molecular weight is 166 g/mol. The largest absolute Gasteiger partial charge is 0.479 e. The van der Waals surface area contributed by atoms with Gasteiger partial charge in [-0.15, -0.1) is 0 Å². The molecule has 66 valence electrons. The van der Waals surface area contributed by atoms with Gasteiger partial charge >= 0.3 is 5.97 Å². The summed E-state index contributed by atoms with van der Waals surface area (Å²) in [6.45, 7) is -0.800. The number of rotatable bonds is 4. The molecule has 0 aliphatic carbocycles. The molecule has 11 heavy (non-hydrogen) atoms. The first-order valence-electron chi connectivity index (χ1n) is 2.88. The Labute approximate surface area is 62.3 Å². The Morgan fingerprint density at radius 2 is 1.73 bits per heavy atom. The van der Waals surface area contributed by atoms with Crippen LogP contribution in [0.4, 0.5) is 0 Å². The summed E-state index contributed by atoms with van der Waals surface area (Å²) < 4.78 is 0. The smallest absolute Gasteiger partial charge is 0.335 e. The standard InChI is InChI=1S/C5H10O6/c6-1-2(7)3(8)4(9)5(10)11/h2-4,6-9H,1H2,(H,10,11)/t2?,3-,4+/m0/s1. The van der Waals surface area contributed by atoms with Crippen LogP contribution in [0.25, 0.3) is 0 Å². The lowest BCUT2D eigenvalue weighted by molar-refractivity contribution is -0.159. The Balaban J connectivity index is 4.00. The molecular formula is C5H10O6. The van der Waals surface area contributed by atoms with Crippen LogP contribution in [0, 0.1) is 0 Å². The van der Waals surface area contributed by atoms with Crippen LogP contribution in [0.2, 0.25) is 0 Å². The molecule has 0 aromatic carbocycles. The van der Waals surface area contributed by atoms with Crippen molar-refractivity contribution in [3.8, 4) is 0 Å². The number of hydrogen-bond acceptors (Lipinski definition) is 5. The van der Waals surface area contributed by atoms with Gasteiger partial charge in [0.25, 0.3) is 0 Å². The zero-order chi connectivity index (χ0) is 9.02. The summed E-state index contributed by atoms with van der Waals surface area (Å²) in [5.41, 5.74) is 0. The highest BCUT2D eigenvalue weighted by atomic mass is 16.4. The molecule has 0 amide bonds. The van der Waals surface area contributed by atoms with Gasteiger partial charge in [-0.05, 0) is 0 Å². The van der Waals surface area contributed by atoms with Crippen molar-refractivity contribution in [2.45, 2.75) is 18.3 Å². The molecule has 0 heterocycles. The molecule has 0 aromatic rings. The third-order valence-electron chi connectivity index (χ3n) is 1.16. The summed E-state index contributed by atoms with van der Waals surface area (Å²) >= 11 is 0. The molecule has 3 atom stereocenters. The molecule has 0 aliphatic rings. The normalized spacial score (nSPS) is 18.9. The highest BCUT2D eigenvalue weighted by Crippen LogP contribution is 1.99.